The number of benzene rings is 2. The smallest absolute Gasteiger partial charge is 0.244 e. The van der Waals surface area contributed by atoms with E-state index in [-0.39, 0.29) is 18.4 Å². The summed E-state index contributed by atoms with van der Waals surface area (Å²) in [6.45, 7) is 2.12. The van der Waals surface area contributed by atoms with Gasteiger partial charge in [-0.1, -0.05) is 24.3 Å². The third-order valence-electron chi connectivity index (χ3n) is 5.60. The van der Waals surface area contributed by atoms with Gasteiger partial charge in [-0.05, 0) is 43.7 Å². The molecule has 0 unspecified atom stereocenters. The van der Waals surface area contributed by atoms with Gasteiger partial charge >= 0.3 is 0 Å². The Morgan fingerprint density at radius 2 is 2.00 bits per heavy atom. The highest BCUT2D eigenvalue weighted by Gasteiger charge is 2.30. The number of carbonyl (C=O) groups is 2. The highest BCUT2D eigenvalue weighted by Crippen LogP contribution is 2.33. The maximum Gasteiger partial charge on any atom is 0.244 e. The van der Waals surface area contributed by atoms with Gasteiger partial charge in [0.25, 0.3) is 0 Å². The van der Waals surface area contributed by atoms with Crippen LogP contribution in [0.1, 0.15) is 23.8 Å². The number of likely N-dealkylation sites (tertiary alicyclic amines) is 1. The van der Waals surface area contributed by atoms with Crippen LogP contribution >= 0.6 is 11.3 Å². The molecule has 0 bridgehead atoms. The van der Waals surface area contributed by atoms with Crippen LogP contribution in [0.15, 0.2) is 48.5 Å². The van der Waals surface area contributed by atoms with Crippen LogP contribution in [-0.2, 0) is 9.59 Å². The minimum Gasteiger partial charge on any atom is -0.323 e. The molecular formula is C22H22N4O2S. The van der Waals surface area contributed by atoms with Crippen LogP contribution in [0.3, 0.4) is 0 Å². The topological polar surface area (TPSA) is 65.5 Å². The van der Waals surface area contributed by atoms with E-state index in [0.29, 0.717) is 18.2 Å². The second-order valence-corrected chi connectivity index (χ2v) is 8.70. The Bertz CT molecular complexity index is 1050. The molecule has 29 heavy (non-hydrogen) atoms. The molecule has 0 saturated carbocycles. The number of hydrogen-bond donors (Lipinski definition) is 1. The Balaban J connectivity index is 1.30. The quantitative estimate of drug-likeness (QED) is 0.723. The van der Waals surface area contributed by atoms with Crippen LogP contribution in [0.2, 0.25) is 0 Å². The van der Waals surface area contributed by atoms with Crippen molar-refractivity contribution in [2.24, 2.45) is 0 Å². The minimum absolute atomic E-state index is 0.0303. The van der Waals surface area contributed by atoms with Crippen molar-refractivity contribution in [3.8, 4) is 0 Å². The number of carbonyl (C=O) groups excluding carboxylic acids is 2. The van der Waals surface area contributed by atoms with Crippen LogP contribution in [0.25, 0.3) is 10.2 Å². The number of anilines is 2. The van der Waals surface area contributed by atoms with Crippen LogP contribution in [-0.4, -0.2) is 47.9 Å². The van der Waals surface area contributed by atoms with Gasteiger partial charge in [-0.15, -0.1) is 11.3 Å². The molecule has 1 N–H and O–H groups in total. The van der Waals surface area contributed by atoms with Crippen LogP contribution in [0, 0.1) is 0 Å². The number of para-hydroxylation sites is 3. The standard InChI is InChI=1S/C22H22N4O2S/c27-20-13-26(18-9-3-1-7-16(18)23-20)21(28)14-25-11-5-6-15(12-25)22-24-17-8-2-4-10-19(17)29-22/h1-4,7-10,15H,5-6,11-14H2,(H,23,27)/t15-/m1/s1. The number of amides is 2. The second kappa shape index (κ2) is 7.57. The zero-order chi connectivity index (χ0) is 19.8. The summed E-state index contributed by atoms with van der Waals surface area (Å²) in [5, 5.41) is 3.99. The maximum absolute atomic E-state index is 13.0. The predicted octanol–water partition coefficient (Wildman–Crippen LogP) is 3.46. The summed E-state index contributed by atoms with van der Waals surface area (Å²) in [4.78, 5) is 33.7. The molecule has 7 heteroatoms. The molecule has 148 valence electrons. The molecule has 2 aliphatic heterocycles. The summed E-state index contributed by atoms with van der Waals surface area (Å²) in [5.41, 5.74) is 2.52. The summed E-state index contributed by atoms with van der Waals surface area (Å²) in [7, 11) is 0. The molecule has 2 aliphatic rings. The van der Waals surface area contributed by atoms with Crippen LogP contribution in [0.5, 0.6) is 0 Å². The summed E-state index contributed by atoms with van der Waals surface area (Å²) >= 11 is 1.76. The highest BCUT2D eigenvalue weighted by molar-refractivity contribution is 7.18. The Kier molecular flexibility index (Phi) is 4.77. The van der Waals surface area contributed by atoms with Gasteiger partial charge in [0.2, 0.25) is 11.8 Å². The first-order valence-corrected chi connectivity index (χ1v) is 10.8. The lowest BCUT2D eigenvalue weighted by atomic mass is 9.98. The van der Waals surface area contributed by atoms with Crippen molar-refractivity contribution in [2.75, 3.05) is 36.4 Å². The van der Waals surface area contributed by atoms with E-state index in [1.54, 1.807) is 16.2 Å². The molecule has 1 atom stereocenters. The number of hydrogen-bond acceptors (Lipinski definition) is 5. The molecule has 6 nitrogen and oxygen atoms in total. The van der Waals surface area contributed by atoms with Gasteiger partial charge in [-0.2, -0.15) is 0 Å². The number of fused-ring (bicyclic) bond motifs is 2. The first-order valence-electron chi connectivity index (χ1n) is 9.94. The molecule has 0 radical (unpaired) electrons. The average molecular weight is 407 g/mol. The Labute approximate surface area is 173 Å². The Morgan fingerprint density at radius 1 is 1.17 bits per heavy atom. The van der Waals surface area contributed by atoms with Crippen molar-refractivity contribution in [2.45, 2.75) is 18.8 Å². The number of rotatable bonds is 3. The monoisotopic (exact) mass is 406 g/mol. The molecule has 1 saturated heterocycles. The van der Waals surface area contributed by atoms with E-state index >= 15 is 0 Å². The molecule has 3 heterocycles. The van der Waals surface area contributed by atoms with Crippen molar-refractivity contribution in [3.63, 3.8) is 0 Å². The largest absolute Gasteiger partial charge is 0.323 e. The van der Waals surface area contributed by atoms with Gasteiger partial charge in [-0.25, -0.2) is 4.98 Å². The molecule has 2 amide bonds. The van der Waals surface area contributed by atoms with Gasteiger partial charge in [0, 0.05) is 12.5 Å². The number of nitrogens with zero attached hydrogens (tertiary/aromatic N) is 3. The lowest BCUT2D eigenvalue weighted by Crippen LogP contribution is -2.48. The Morgan fingerprint density at radius 3 is 2.90 bits per heavy atom. The van der Waals surface area contributed by atoms with Gasteiger partial charge in [0.1, 0.15) is 6.54 Å². The van der Waals surface area contributed by atoms with E-state index < -0.39 is 0 Å². The first kappa shape index (κ1) is 18.3. The summed E-state index contributed by atoms with van der Waals surface area (Å²) in [5.74, 6) is 0.172. The minimum atomic E-state index is -0.150. The molecule has 2 aromatic carbocycles. The number of thiazole rings is 1. The molecule has 1 aromatic heterocycles. The predicted molar refractivity (Wildman–Crippen MR) is 115 cm³/mol. The van der Waals surface area contributed by atoms with Gasteiger partial charge in [-0.3, -0.25) is 19.4 Å². The zero-order valence-electron chi connectivity index (χ0n) is 16.0. The summed E-state index contributed by atoms with van der Waals surface area (Å²) < 4.78 is 1.21. The second-order valence-electron chi connectivity index (χ2n) is 7.64. The maximum atomic E-state index is 13.0. The molecule has 0 spiro atoms. The van der Waals surface area contributed by atoms with Crippen molar-refractivity contribution >= 4 is 44.7 Å². The van der Waals surface area contributed by atoms with Crippen LogP contribution in [0.4, 0.5) is 11.4 Å². The SMILES string of the molecule is O=C1CN(C(=O)CN2CCC[C@@H](c3nc4ccccc4s3)C2)c2ccccc2N1. The average Bonchev–Trinajstić information content (AvgIpc) is 3.17. The molecular weight excluding hydrogens is 384 g/mol. The first-order chi connectivity index (χ1) is 14.2. The lowest BCUT2D eigenvalue weighted by Gasteiger charge is -2.34. The molecule has 0 aliphatic carbocycles. The van der Waals surface area contributed by atoms with E-state index in [1.165, 1.54) is 4.70 Å². The molecule has 1 fully saturated rings. The van der Waals surface area contributed by atoms with Gasteiger partial charge < -0.3 is 5.32 Å². The third kappa shape index (κ3) is 3.63. The highest BCUT2D eigenvalue weighted by atomic mass is 32.1. The summed E-state index contributed by atoms with van der Waals surface area (Å²) in [6, 6.07) is 15.7. The number of aromatic nitrogens is 1. The van der Waals surface area contributed by atoms with E-state index in [0.717, 1.165) is 42.1 Å². The van der Waals surface area contributed by atoms with Gasteiger partial charge in [0.05, 0.1) is 33.1 Å². The number of nitrogens with one attached hydrogen (secondary N) is 1. The fourth-order valence-corrected chi connectivity index (χ4v) is 5.29. The third-order valence-corrected chi connectivity index (χ3v) is 6.79. The van der Waals surface area contributed by atoms with Crippen molar-refractivity contribution in [1.82, 2.24) is 9.88 Å². The van der Waals surface area contributed by atoms with E-state index in [9.17, 15) is 9.59 Å². The Hall–Kier alpha value is -2.77. The van der Waals surface area contributed by atoms with E-state index in [2.05, 4.69) is 22.3 Å². The van der Waals surface area contributed by atoms with Crippen molar-refractivity contribution < 1.29 is 9.59 Å². The zero-order valence-corrected chi connectivity index (χ0v) is 16.8. The molecule has 5 rings (SSSR count). The van der Waals surface area contributed by atoms with E-state index in [4.69, 9.17) is 4.98 Å². The lowest BCUT2D eigenvalue weighted by molar-refractivity contribution is -0.122. The fourth-order valence-electron chi connectivity index (χ4n) is 4.20. The van der Waals surface area contributed by atoms with Crippen LogP contribution < -0.4 is 10.2 Å². The van der Waals surface area contributed by atoms with Gasteiger partial charge in [0.15, 0.2) is 0 Å². The number of piperidine rings is 1. The van der Waals surface area contributed by atoms with Crippen molar-refractivity contribution in [3.05, 3.63) is 53.5 Å². The van der Waals surface area contributed by atoms with E-state index in [1.807, 2.05) is 36.4 Å². The van der Waals surface area contributed by atoms with Crippen molar-refractivity contribution in [1.29, 1.82) is 0 Å². The normalized spacial score (nSPS) is 19.8. The summed E-state index contributed by atoms with van der Waals surface area (Å²) in [6.07, 6.45) is 2.14. The molecule has 3 aromatic rings. The fraction of sp³-hybridized carbons (Fsp3) is 0.318.